The van der Waals surface area contributed by atoms with Crippen LogP contribution in [0.2, 0.25) is 5.02 Å². The Morgan fingerprint density at radius 1 is 1.33 bits per heavy atom. The van der Waals surface area contributed by atoms with Gasteiger partial charge in [0.2, 0.25) is 0 Å². The summed E-state index contributed by atoms with van der Waals surface area (Å²) in [5, 5.41) is 3.22. The zero-order valence-corrected chi connectivity index (χ0v) is 10.5. The summed E-state index contributed by atoms with van der Waals surface area (Å²) in [6.07, 6.45) is 3.19. The second-order valence-corrected chi connectivity index (χ2v) is 4.37. The fourth-order valence-electron chi connectivity index (χ4n) is 1.51. The summed E-state index contributed by atoms with van der Waals surface area (Å²) in [7, 11) is 0. The van der Waals surface area contributed by atoms with E-state index in [2.05, 4.69) is 10.3 Å². The molecule has 2 aromatic rings. The van der Waals surface area contributed by atoms with E-state index in [-0.39, 0.29) is 5.91 Å². The number of anilines is 2. The number of aromatic nitrogens is 1. The van der Waals surface area contributed by atoms with Crippen molar-refractivity contribution in [3.63, 3.8) is 0 Å². The number of amides is 1. The molecule has 0 aliphatic heterocycles. The van der Waals surface area contributed by atoms with E-state index in [9.17, 15) is 4.79 Å². The molecular formula is C13H12ClN3O. The number of carbonyl (C=O) groups excluding carboxylic acids is 1. The average Bonchev–Trinajstić information content (AvgIpc) is 2.34. The lowest BCUT2D eigenvalue weighted by atomic mass is 10.2. The second-order valence-electron chi connectivity index (χ2n) is 3.94. The number of hydrogen-bond acceptors (Lipinski definition) is 3. The van der Waals surface area contributed by atoms with Gasteiger partial charge in [-0.1, -0.05) is 11.6 Å². The Labute approximate surface area is 110 Å². The van der Waals surface area contributed by atoms with Crippen molar-refractivity contribution in [3.8, 4) is 0 Å². The molecule has 0 bridgehead atoms. The largest absolute Gasteiger partial charge is 0.397 e. The van der Waals surface area contributed by atoms with Gasteiger partial charge in [-0.15, -0.1) is 0 Å². The molecule has 2 rings (SSSR count). The standard InChI is InChI=1S/C13H12ClN3O/c1-8-4-9(7-16-6-8)13(18)17-12-5-10(14)2-3-11(12)15/h2-7H,15H2,1H3,(H,17,18). The van der Waals surface area contributed by atoms with Gasteiger partial charge in [-0.25, -0.2) is 0 Å². The van der Waals surface area contributed by atoms with Crippen molar-refractivity contribution in [2.24, 2.45) is 0 Å². The lowest BCUT2D eigenvalue weighted by Crippen LogP contribution is -2.13. The Morgan fingerprint density at radius 3 is 2.83 bits per heavy atom. The van der Waals surface area contributed by atoms with Gasteiger partial charge >= 0.3 is 0 Å². The molecule has 4 nitrogen and oxygen atoms in total. The maximum Gasteiger partial charge on any atom is 0.257 e. The van der Waals surface area contributed by atoms with Crippen molar-refractivity contribution in [2.45, 2.75) is 6.92 Å². The highest BCUT2D eigenvalue weighted by atomic mass is 35.5. The Bertz CT molecular complexity index is 599. The number of aryl methyl sites for hydroxylation is 1. The van der Waals surface area contributed by atoms with Gasteiger partial charge < -0.3 is 11.1 Å². The van der Waals surface area contributed by atoms with Crippen LogP contribution in [0, 0.1) is 6.92 Å². The minimum Gasteiger partial charge on any atom is -0.397 e. The third kappa shape index (κ3) is 2.78. The second kappa shape index (κ2) is 5.06. The summed E-state index contributed by atoms with van der Waals surface area (Å²) in [5.41, 5.74) is 8.12. The van der Waals surface area contributed by atoms with Gasteiger partial charge in [0.1, 0.15) is 0 Å². The SMILES string of the molecule is Cc1cncc(C(=O)Nc2cc(Cl)ccc2N)c1. The minimum absolute atomic E-state index is 0.264. The summed E-state index contributed by atoms with van der Waals surface area (Å²) in [6, 6.07) is 6.67. The molecule has 0 radical (unpaired) electrons. The molecule has 0 spiro atoms. The van der Waals surface area contributed by atoms with Gasteiger partial charge in [-0.05, 0) is 36.8 Å². The topological polar surface area (TPSA) is 68.0 Å². The number of nitrogens with zero attached hydrogens (tertiary/aromatic N) is 1. The Balaban J connectivity index is 2.24. The van der Waals surface area contributed by atoms with Crippen LogP contribution < -0.4 is 11.1 Å². The van der Waals surface area contributed by atoms with Gasteiger partial charge in [-0.2, -0.15) is 0 Å². The summed E-state index contributed by atoms with van der Waals surface area (Å²) < 4.78 is 0. The number of carbonyl (C=O) groups is 1. The van der Waals surface area contributed by atoms with E-state index in [1.807, 2.05) is 6.92 Å². The highest BCUT2D eigenvalue weighted by Crippen LogP contribution is 2.23. The molecule has 0 aliphatic carbocycles. The maximum atomic E-state index is 12.0. The Kier molecular flexibility index (Phi) is 3.48. The van der Waals surface area contributed by atoms with Crippen molar-refractivity contribution < 1.29 is 4.79 Å². The fraction of sp³-hybridized carbons (Fsp3) is 0.0769. The molecule has 0 unspecified atom stereocenters. The number of nitrogen functional groups attached to an aromatic ring is 1. The molecular weight excluding hydrogens is 250 g/mol. The summed E-state index contributed by atoms with van der Waals surface area (Å²) in [6.45, 7) is 1.87. The minimum atomic E-state index is -0.264. The van der Waals surface area contributed by atoms with E-state index >= 15 is 0 Å². The third-order valence-corrected chi connectivity index (χ3v) is 2.64. The first-order valence-electron chi connectivity index (χ1n) is 5.34. The van der Waals surface area contributed by atoms with Crippen LogP contribution >= 0.6 is 11.6 Å². The molecule has 18 heavy (non-hydrogen) atoms. The predicted molar refractivity (Wildman–Crippen MR) is 72.8 cm³/mol. The zero-order valence-electron chi connectivity index (χ0n) is 9.77. The molecule has 0 aliphatic rings. The van der Waals surface area contributed by atoms with Gasteiger partial charge in [0.05, 0.1) is 16.9 Å². The van der Waals surface area contributed by atoms with E-state index in [1.54, 1.807) is 30.5 Å². The van der Waals surface area contributed by atoms with Crippen LogP contribution in [0.3, 0.4) is 0 Å². The third-order valence-electron chi connectivity index (χ3n) is 2.40. The van der Waals surface area contributed by atoms with Crippen LogP contribution in [0.5, 0.6) is 0 Å². The van der Waals surface area contributed by atoms with Crippen molar-refractivity contribution in [1.29, 1.82) is 0 Å². The van der Waals surface area contributed by atoms with Gasteiger partial charge in [-0.3, -0.25) is 9.78 Å². The number of benzene rings is 1. The number of pyridine rings is 1. The number of nitrogens with two attached hydrogens (primary N) is 1. The van der Waals surface area contributed by atoms with Crippen molar-refractivity contribution >= 4 is 28.9 Å². The van der Waals surface area contributed by atoms with Gasteiger partial charge in [0.25, 0.3) is 5.91 Å². The molecule has 0 saturated heterocycles. The van der Waals surface area contributed by atoms with E-state index in [0.29, 0.717) is 22.0 Å². The number of halogens is 1. The first-order chi connectivity index (χ1) is 8.56. The highest BCUT2D eigenvalue weighted by molar-refractivity contribution is 6.31. The summed E-state index contributed by atoms with van der Waals surface area (Å²) in [5.74, 6) is -0.264. The van der Waals surface area contributed by atoms with E-state index in [0.717, 1.165) is 5.56 Å². The Hall–Kier alpha value is -2.07. The van der Waals surface area contributed by atoms with Crippen LogP contribution in [0.25, 0.3) is 0 Å². The summed E-state index contributed by atoms with van der Waals surface area (Å²) >= 11 is 5.85. The summed E-state index contributed by atoms with van der Waals surface area (Å²) in [4.78, 5) is 15.9. The van der Waals surface area contributed by atoms with Gasteiger partial charge in [0, 0.05) is 17.4 Å². The van der Waals surface area contributed by atoms with E-state index < -0.39 is 0 Å². The lowest BCUT2D eigenvalue weighted by molar-refractivity contribution is 0.102. The molecule has 5 heteroatoms. The zero-order chi connectivity index (χ0) is 13.1. The highest BCUT2D eigenvalue weighted by Gasteiger charge is 2.09. The number of rotatable bonds is 2. The fourth-order valence-corrected chi connectivity index (χ4v) is 1.68. The molecule has 3 N–H and O–H groups in total. The number of hydrogen-bond donors (Lipinski definition) is 2. The van der Waals surface area contributed by atoms with Crippen LogP contribution in [0.15, 0.2) is 36.7 Å². The van der Waals surface area contributed by atoms with E-state index in [4.69, 9.17) is 17.3 Å². The first-order valence-corrected chi connectivity index (χ1v) is 5.72. The van der Waals surface area contributed by atoms with Crippen LogP contribution in [0.4, 0.5) is 11.4 Å². The molecule has 1 amide bonds. The van der Waals surface area contributed by atoms with E-state index in [1.165, 1.54) is 6.20 Å². The number of nitrogens with one attached hydrogen (secondary N) is 1. The molecule has 1 aromatic carbocycles. The molecule has 0 fully saturated rings. The molecule has 92 valence electrons. The quantitative estimate of drug-likeness (QED) is 0.817. The smallest absolute Gasteiger partial charge is 0.257 e. The van der Waals surface area contributed by atoms with Crippen molar-refractivity contribution in [2.75, 3.05) is 11.1 Å². The lowest BCUT2D eigenvalue weighted by Gasteiger charge is -2.08. The predicted octanol–water partition coefficient (Wildman–Crippen LogP) is 2.88. The van der Waals surface area contributed by atoms with Gasteiger partial charge in [0.15, 0.2) is 0 Å². The molecule has 1 heterocycles. The normalized spacial score (nSPS) is 10.1. The molecule has 0 atom stereocenters. The van der Waals surface area contributed by atoms with Crippen molar-refractivity contribution in [3.05, 3.63) is 52.8 Å². The first kappa shape index (κ1) is 12.4. The van der Waals surface area contributed by atoms with Crippen LogP contribution in [-0.4, -0.2) is 10.9 Å². The molecule has 1 aromatic heterocycles. The maximum absolute atomic E-state index is 12.0. The van der Waals surface area contributed by atoms with Crippen molar-refractivity contribution in [1.82, 2.24) is 4.98 Å². The molecule has 0 saturated carbocycles. The average molecular weight is 262 g/mol. The Morgan fingerprint density at radius 2 is 2.11 bits per heavy atom. The van der Waals surface area contributed by atoms with Crippen LogP contribution in [0.1, 0.15) is 15.9 Å². The monoisotopic (exact) mass is 261 g/mol. The van der Waals surface area contributed by atoms with Crippen LogP contribution in [-0.2, 0) is 0 Å².